The molecule has 0 fully saturated rings. The fourth-order valence-electron chi connectivity index (χ4n) is 1.65. The second-order valence-electron chi connectivity index (χ2n) is 3.77. The highest BCUT2D eigenvalue weighted by Gasteiger charge is 2.32. The first kappa shape index (κ1) is 10.6. The Labute approximate surface area is 94.0 Å². The molecule has 0 bridgehead atoms. The number of amides is 1. The van der Waals surface area contributed by atoms with Crippen LogP contribution >= 0.6 is 0 Å². The quantitative estimate of drug-likeness (QED) is 0.815. The van der Waals surface area contributed by atoms with Gasteiger partial charge in [0.15, 0.2) is 5.82 Å². The number of nitrogen functional groups attached to an aromatic ring is 1. The van der Waals surface area contributed by atoms with E-state index < -0.39 is 0 Å². The Hall–Kier alpha value is -1.91. The molecule has 1 amide bonds. The standard InChI is InChI=1S/C11H14N4O/c1-3-9-7(2)11(16)15(14-9)10-5-4-8(12)6-13-10/h4-7H,3,12H2,1-2H3. The molecule has 2 rings (SSSR count). The van der Waals surface area contributed by atoms with Crippen LogP contribution in [-0.4, -0.2) is 16.6 Å². The van der Waals surface area contributed by atoms with Crippen LogP contribution in [0.1, 0.15) is 20.3 Å². The molecule has 5 nitrogen and oxygen atoms in total. The maximum absolute atomic E-state index is 11.9. The molecule has 0 saturated carbocycles. The van der Waals surface area contributed by atoms with Gasteiger partial charge in [-0.25, -0.2) is 4.98 Å². The third-order valence-corrected chi connectivity index (χ3v) is 2.66. The third kappa shape index (κ3) is 1.64. The molecule has 16 heavy (non-hydrogen) atoms. The van der Waals surface area contributed by atoms with E-state index in [9.17, 15) is 4.79 Å². The number of nitrogens with zero attached hydrogens (tertiary/aromatic N) is 3. The molecule has 1 aliphatic rings. The van der Waals surface area contributed by atoms with Crippen molar-refractivity contribution in [2.45, 2.75) is 20.3 Å². The molecule has 5 heteroatoms. The number of hydrazone groups is 1. The first-order valence-electron chi connectivity index (χ1n) is 5.26. The summed E-state index contributed by atoms with van der Waals surface area (Å²) >= 11 is 0. The van der Waals surface area contributed by atoms with Crippen molar-refractivity contribution >= 4 is 23.1 Å². The normalized spacial score (nSPS) is 20.1. The summed E-state index contributed by atoms with van der Waals surface area (Å²) in [5.41, 5.74) is 7.00. The van der Waals surface area contributed by atoms with Gasteiger partial charge in [-0.15, -0.1) is 0 Å². The van der Waals surface area contributed by atoms with Gasteiger partial charge in [-0.05, 0) is 25.5 Å². The van der Waals surface area contributed by atoms with Gasteiger partial charge in [0.2, 0.25) is 0 Å². The van der Waals surface area contributed by atoms with E-state index in [0.29, 0.717) is 11.5 Å². The molecule has 0 radical (unpaired) electrons. The zero-order valence-corrected chi connectivity index (χ0v) is 9.34. The van der Waals surface area contributed by atoms with Gasteiger partial charge in [0.05, 0.1) is 23.5 Å². The van der Waals surface area contributed by atoms with Gasteiger partial charge in [-0.1, -0.05) is 6.92 Å². The molecule has 1 unspecified atom stereocenters. The number of pyridine rings is 1. The van der Waals surface area contributed by atoms with Gasteiger partial charge in [0.25, 0.3) is 5.91 Å². The van der Waals surface area contributed by atoms with E-state index in [1.165, 1.54) is 11.2 Å². The first-order chi connectivity index (χ1) is 7.63. The minimum Gasteiger partial charge on any atom is -0.397 e. The average Bonchev–Trinajstić information content (AvgIpc) is 2.57. The van der Waals surface area contributed by atoms with Crippen LogP contribution in [0.15, 0.2) is 23.4 Å². The van der Waals surface area contributed by atoms with Crippen LogP contribution in [0.5, 0.6) is 0 Å². The molecule has 2 heterocycles. The zero-order chi connectivity index (χ0) is 11.7. The van der Waals surface area contributed by atoms with Crippen LogP contribution < -0.4 is 10.7 Å². The number of carbonyl (C=O) groups is 1. The average molecular weight is 218 g/mol. The molecule has 0 aliphatic carbocycles. The van der Waals surface area contributed by atoms with Crippen molar-refractivity contribution in [3.63, 3.8) is 0 Å². The number of nitrogens with two attached hydrogens (primary N) is 1. The second-order valence-corrected chi connectivity index (χ2v) is 3.77. The number of aromatic nitrogens is 1. The van der Waals surface area contributed by atoms with Crippen LogP contribution in [0, 0.1) is 5.92 Å². The fourth-order valence-corrected chi connectivity index (χ4v) is 1.65. The highest BCUT2D eigenvalue weighted by Crippen LogP contribution is 2.23. The topological polar surface area (TPSA) is 71.6 Å². The SMILES string of the molecule is CCC1=NN(c2ccc(N)cn2)C(=O)C1C. The predicted molar refractivity (Wildman–Crippen MR) is 63.0 cm³/mol. The van der Waals surface area contributed by atoms with E-state index in [1.807, 2.05) is 13.8 Å². The van der Waals surface area contributed by atoms with E-state index in [4.69, 9.17) is 5.73 Å². The van der Waals surface area contributed by atoms with Crippen molar-refractivity contribution < 1.29 is 4.79 Å². The molecule has 1 atom stereocenters. The van der Waals surface area contributed by atoms with E-state index in [0.717, 1.165) is 12.1 Å². The van der Waals surface area contributed by atoms with Crippen molar-refractivity contribution in [2.75, 3.05) is 10.7 Å². The highest BCUT2D eigenvalue weighted by atomic mass is 16.2. The molecule has 1 aromatic heterocycles. The minimum absolute atomic E-state index is 0.0332. The van der Waals surface area contributed by atoms with Crippen LogP contribution in [0.2, 0.25) is 0 Å². The molecule has 2 N–H and O–H groups in total. The smallest absolute Gasteiger partial charge is 0.257 e. The summed E-state index contributed by atoms with van der Waals surface area (Å²) in [6, 6.07) is 3.40. The van der Waals surface area contributed by atoms with Crippen LogP contribution in [-0.2, 0) is 4.79 Å². The van der Waals surface area contributed by atoms with Gasteiger partial charge >= 0.3 is 0 Å². The van der Waals surface area contributed by atoms with Crippen molar-refractivity contribution in [1.29, 1.82) is 0 Å². The monoisotopic (exact) mass is 218 g/mol. The Morgan fingerprint density at radius 2 is 2.25 bits per heavy atom. The molecule has 0 spiro atoms. The Kier molecular flexibility index (Phi) is 2.60. The van der Waals surface area contributed by atoms with Crippen molar-refractivity contribution in [3.8, 4) is 0 Å². The summed E-state index contributed by atoms with van der Waals surface area (Å²) in [4.78, 5) is 16.0. The number of rotatable bonds is 2. The third-order valence-electron chi connectivity index (χ3n) is 2.66. The lowest BCUT2D eigenvalue weighted by atomic mass is 10.0. The Morgan fingerprint density at radius 1 is 1.50 bits per heavy atom. The number of hydrogen-bond acceptors (Lipinski definition) is 4. The first-order valence-corrected chi connectivity index (χ1v) is 5.26. The predicted octanol–water partition coefficient (Wildman–Crippen LogP) is 1.41. The summed E-state index contributed by atoms with van der Waals surface area (Å²) in [6.07, 6.45) is 2.30. The number of anilines is 2. The van der Waals surface area contributed by atoms with E-state index in [1.54, 1.807) is 12.1 Å². The summed E-state index contributed by atoms with van der Waals surface area (Å²) in [5, 5.41) is 5.62. The largest absolute Gasteiger partial charge is 0.397 e. The molecule has 1 aliphatic heterocycles. The Bertz CT molecular complexity index is 438. The number of hydrogen-bond donors (Lipinski definition) is 1. The van der Waals surface area contributed by atoms with Gasteiger partial charge in [0.1, 0.15) is 0 Å². The molecule has 84 valence electrons. The summed E-state index contributed by atoms with van der Waals surface area (Å²) in [6.45, 7) is 3.85. The molecule has 0 aromatic carbocycles. The molecular weight excluding hydrogens is 204 g/mol. The summed E-state index contributed by atoms with van der Waals surface area (Å²) < 4.78 is 0. The Balaban J connectivity index is 2.32. The van der Waals surface area contributed by atoms with Crippen LogP contribution in [0.3, 0.4) is 0 Å². The van der Waals surface area contributed by atoms with Crippen LogP contribution in [0.25, 0.3) is 0 Å². The van der Waals surface area contributed by atoms with Crippen LogP contribution in [0.4, 0.5) is 11.5 Å². The number of carbonyl (C=O) groups excluding carboxylic acids is 1. The summed E-state index contributed by atoms with van der Waals surface area (Å²) in [7, 11) is 0. The molecule has 1 aromatic rings. The second kappa shape index (κ2) is 3.92. The minimum atomic E-state index is -0.149. The van der Waals surface area contributed by atoms with Gasteiger partial charge in [-0.2, -0.15) is 10.1 Å². The van der Waals surface area contributed by atoms with Crippen molar-refractivity contribution in [3.05, 3.63) is 18.3 Å². The lowest BCUT2D eigenvalue weighted by molar-refractivity contribution is -0.119. The van der Waals surface area contributed by atoms with Gasteiger partial charge < -0.3 is 5.73 Å². The zero-order valence-electron chi connectivity index (χ0n) is 9.34. The lowest BCUT2D eigenvalue weighted by Crippen LogP contribution is -2.26. The summed E-state index contributed by atoms with van der Waals surface area (Å²) in [5.74, 6) is 0.341. The van der Waals surface area contributed by atoms with Crippen molar-refractivity contribution in [1.82, 2.24) is 4.98 Å². The van der Waals surface area contributed by atoms with Gasteiger partial charge in [0, 0.05) is 0 Å². The Morgan fingerprint density at radius 3 is 2.75 bits per heavy atom. The van der Waals surface area contributed by atoms with E-state index in [2.05, 4.69) is 10.1 Å². The maximum Gasteiger partial charge on any atom is 0.257 e. The van der Waals surface area contributed by atoms with Crippen molar-refractivity contribution in [2.24, 2.45) is 11.0 Å². The molecule has 0 saturated heterocycles. The molecular formula is C11H14N4O. The maximum atomic E-state index is 11.9. The fraction of sp³-hybridized carbons (Fsp3) is 0.364. The van der Waals surface area contributed by atoms with E-state index in [-0.39, 0.29) is 11.8 Å². The van der Waals surface area contributed by atoms with Gasteiger partial charge in [-0.3, -0.25) is 4.79 Å². The highest BCUT2D eigenvalue weighted by molar-refractivity contribution is 6.14. The van der Waals surface area contributed by atoms with E-state index >= 15 is 0 Å². The lowest BCUT2D eigenvalue weighted by Gasteiger charge is -2.11.